The lowest BCUT2D eigenvalue weighted by atomic mass is 10.3. The van der Waals surface area contributed by atoms with Crippen molar-refractivity contribution in [1.82, 2.24) is 14.1 Å². The molecule has 0 fully saturated rings. The number of nitrogens with one attached hydrogen (secondary N) is 1. The van der Waals surface area contributed by atoms with Gasteiger partial charge in [0.05, 0.1) is 6.54 Å². The van der Waals surface area contributed by atoms with Gasteiger partial charge in [-0.25, -0.2) is 9.78 Å². The van der Waals surface area contributed by atoms with Gasteiger partial charge in [-0.15, -0.1) is 11.3 Å². The fraction of sp³-hybridized carbons (Fsp3) is 0.385. The van der Waals surface area contributed by atoms with E-state index in [1.165, 1.54) is 18.7 Å². The quantitative estimate of drug-likeness (QED) is 0.892. The minimum atomic E-state index is -0.600. The molecular formula is C13H15N5O2S. The fourth-order valence-electron chi connectivity index (χ4n) is 1.90. The first-order valence-electron chi connectivity index (χ1n) is 6.37. The van der Waals surface area contributed by atoms with E-state index in [2.05, 4.69) is 10.3 Å². The van der Waals surface area contributed by atoms with Crippen molar-refractivity contribution in [3.05, 3.63) is 42.5 Å². The molecule has 7 nitrogen and oxygen atoms in total. The van der Waals surface area contributed by atoms with Crippen molar-refractivity contribution < 1.29 is 0 Å². The molecule has 2 aromatic rings. The summed E-state index contributed by atoms with van der Waals surface area (Å²) in [6, 6.07) is 1.85. The topological polar surface area (TPSA) is 92.7 Å². The van der Waals surface area contributed by atoms with Crippen LogP contribution in [0.25, 0.3) is 0 Å². The smallest absolute Gasteiger partial charge is 0.332 e. The number of nitrogens with zero attached hydrogens (tertiary/aromatic N) is 4. The van der Waals surface area contributed by atoms with Gasteiger partial charge >= 0.3 is 5.69 Å². The van der Waals surface area contributed by atoms with E-state index in [1.54, 1.807) is 17.5 Å². The van der Waals surface area contributed by atoms with E-state index in [0.717, 1.165) is 20.9 Å². The van der Waals surface area contributed by atoms with Crippen molar-refractivity contribution in [2.24, 2.45) is 14.1 Å². The molecule has 2 rings (SSSR count). The zero-order valence-corrected chi connectivity index (χ0v) is 12.8. The molecule has 110 valence electrons. The van der Waals surface area contributed by atoms with Crippen molar-refractivity contribution in [3.8, 4) is 6.07 Å². The van der Waals surface area contributed by atoms with Crippen molar-refractivity contribution >= 4 is 17.2 Å². The summed E-state index contributed by atoms with van der Waals surface area (Å²) in [5.74, 6) is 0.221. The first-order valence-corrected chi connectivity index (χ1v) is 7.18. The van der Waals surface area contributed by atoms with Gasteiger partial charge in [-0.05, 0) is 6.42 Å². The molecule has 0 aliphatic heterocycles. The van der Waals surface area contributed by atoms with Crippen LogP contribution in [0.15, 0.2) is 15.8 Å². The summed E-state index contributed by atoms with van der Waals surface area (Å²) in [5.41, 5.74) is -1.15. The average molecular weight is 305 g/mol. The highest BCUT2D eigenvalue weighted by Crippen LogP contribution is 2.15. The van der Waals surface area contributed by atoms with Crippen LogP contribution in [0, 0.1) is 11.3 Å². The lowest BCUT2D eigenvalue weighted by molar-refractivity contribution is 0.685. The molecule has 0 aliphatic carbocycles. The van der Waals surface area contributed by atoms with Crippen LogP contribution in [-0.4, -0.2) is 14.1 Å². The molecular weight excluding hydrogens is 290 g/mol. The Hall–Kier alpha value is -2.40. The van der Waals surface area contributed by atoms with Crippen LogP contribution >= 0.6 is 11.3 Å². The zero-order chi connectivity index (χ0) is 15.6. The molecule has 0 saturated carbocycles. The Balaban J connectivity index is 2.38. The summed E-state index contributed by atoms with van der Waals surface area (Å²) in [4.78, 5) is 29.2. The van der Waals surface area contributed by atoms with Crippen LogP contribution in [0.1, 0.15) is 22.4 Å². The third-order valence-corrected chi connectivity index (χ3v) is 4.27. The first-order chi connectivity index (χ1) is 9.99. The van der Waals surface area contributed by atoms with Gasteiger partial charge in [-0.3, -0.25) is 13.9 Å². The van der Waals surface area contributed by atoms with Gasteiger partial charge in [-0.1, -0.05) is 6.92 Å². The van der Waals surface area contributed by atoms with Crippen molar-refractivity contribution in [2.45, 2.75) is 19.9 Å². The molecule has 2 aromatic heterocycles. The molecule has 21 heavy (non-hydrogen) atoms. The summed E-state index contributed by atoms with van der Waals surface area (Å²) >= 11 is 1.56. The molecule has 0 spiro atoms. The van der Waals surface area contributed by atoms with E-state index >= 15 is 0 Å². The number of aryl methyl sites for hydroxylation is 1. The number of aromatic nitrogens is 3. The third kappa shape index (κ3) is 2.73. The fourth-order valence-corrected chi connectivity index (χ4v) is 2.71. The van der Waals surface area contributed by atoms with Gasteiger partial charge in [0.25, 0.3) is 5.56 Å². The second-order valence-electron chi connectivity index (χ2n) is 4.47. The lowest BCUT2D eigenvalue weighted by Crippen LogP contribution is -2.39. The molecule has 0 aromatic carbocycles. The Labute approximate surface area is 125 Å². The van der Waals surface area contributed by atoms with E-state index < -0.39 is 11.2 Å². The molecule has 1 N–H and O–H groups in total. The van der Waals surface area contributed by atoms with Gasteiger partial charge < -0.3 is 5.32 Å². The molecule has 0 saturated heterocycles. The maximum Gasteiger partial charge on any atom is 0.332 e. The Kier molecular flexibility index (Phi) is 4.23. The van der Waals surface area contributed by atoms with Crippen LogP contribution in [0.5, 0.6) is 0 Å². The molecule has 0 amide bonds. The van der Waals surface area contributed by atoms with E-state index in [0.29, 0.717) is 6.54 Å². The number of hydrogen-bond acceptors (Lipinski definition) is 6. The Bertz CT molecular complexity index is 825. The second-order valence-corrected chi connectivity index (χ2v) is 5.67. The minimum Gasteiger partial charge on any atom is -0.364 e. The highest BCUT2D eigenvalue weighted by Gasteiger charge is 2.15. The minimum absolute atomic E-state index is 0.0770. The van der Waals surface area contributed by atoms with E-state index in [9.17, 15) is 9.59 Å². The van der Waals surface area contributed by atoms with Crippen molar-refractivity contribution in [3.63, 3.8) is 0 Å². The van der Waals surface area contributed by atoms with Crippen molar-refractivity contribution in [2.75, 3.05) is 5.32 Å². The normalized spacial score (nSPS) is 10.4. The first kappa shape index (κ1) is 15.0. The summed E-state index contributed by atoms with van der Waals surface area (Å²) in [6.07, 6.45) is 2.71. The standard InChI is InChI=1S/C13H15N5O2S/c1-4-8-6-15-10(21-8)7-16-11-9(5-14)12(19)18(3)13(20)17(11)2/h6,16H,4,7H2,1-3H3. The molecule has 0 radical (unpaired) electrons. The third-order valence-electron chi connectivity index (χ3n) is 3.13. The van der Waals surface area contributed by atoms with E-state index in [4.69, 9.17) is 5.26 Å². The molecule has 0 bridgehead atoms. The summed E-state index contributed by atoms with van der Waals surface area (Å²) < 4.78 is 2.18. The molecule has 2 heterocycles. The number of thiazole rings is 1. The predicted molar refractivity (Wildman–Crippen MR) is 80.5 cm³/mol. The SMILES string of the molecule is CCc1cnc(CNc2c(C#N)c(=O)n(C)c(=O)n2C)s1. The molecule has 8 heteroatoms. The Morgan fingerprint density at radius 3 is 2.67 bits per heavy atom. The predicted octanol–water partition coefficient (Wildman–Crippen LogP) is 0.587. The summed E-state index contributed by atoms with van der Waals surface area (Å²) in [7, 11) is 2.87. The average Bonchev–Trinajstić information content (AvgIpc) is 2.95. The van der Waals surface area contributed by atoms with E-state index in [-0.39, 0.29) is 11.4 Å². The molecule has 0 atom stereocenters. The van der Waals surface area contributed by atoms with Gasteiger partial charge in [0.15, 0.2) is 5.56 Å². The summed E-state index contributed by atoms with van der Waals surface area (Å²) in [6.45, 7) is 2.41. The Morgan fingerprint density at radius 1 is 1.38 bits per heavy atom. The van der Waals surface area contributed by atoms with Crippen molar-refractivity contribution in [1.29, 1.82) is 5.26 Å². The van der Waals surface area contributed by atoms with Crippen LogP contribution in [0.3, 0.4) is 0 Å². The number of anilines is 1. The van der Waals surface area contributed by atoms with Crippen LogP contribution in [0.4, 0.5) is 5.82 Å². The number of hydrogen-bond donors (Lipinski definition) is 1. The molecule has 0 aliphatic rings. The maximum absolute atomic E-state index is 11.9. The van der Waals surface area contributed by atoms with Gasteiger partial charge in [0.1, 0.15) is 16.9 Å². The van der Waals surface area contributed by atoms with Gasteiger partial charge in [0, 0.05) is 25.2 Å². The monoisotopic (exact) mass is 305 g/mol. The largest absolute Gasteiger partial charge is 0.364 e. The maximum atomic E-state index is 11.9. The van der Waals surface area contributed by atoms with Gasteiger partial charge in [0.2, 0.25) is 0 Å². The highest BCUT2D eigenvalue weighted by molar-refractivity contribution is 7.11. The zero-order valence-electron chi connectivity index (χ0n) is 12.0. The van der Waals surface area contributed by atoms with Crippen LogP contribution < -0.4 is 16.6 Å². The molecule has 0 unspecified atom stereocenters. The highest BCUT2D eigenvalue weighted by atomic mass is 32.1. The van der Waals surface area contributed by atoms with E-state index in [1.807, 2.05) is 13.0 Å². The second kappa shape index (κ2) is 5.93. The summed E-state index contributed by atoms with van der Waals surface area (Å²) in [5, 5.41) is 13.0. The Morgan fingerprint density at radius 2 is 2.10 bits per heavy atom. The number of nitriles is 1. The number of rotatable bonds is 4. The van der Waals surface area contributed by atoms with Gasteiger partial charge in [-0.2, -0.15) is 5.26 Å². The van der Waals surface area contributed by atoms with Crippen LogP contribution in [0.2, 0.25) is 0 Å². The van der Waals surface area contributed by atoms with Crippen LogP contribution in [-0.2, 0) is 27.1 Å². The lowest BCUT2D eigenvalue weighted by Gasteiger charge is -2.12.